The summed E-state index contributed by atoms with van der Waals surface area (Å²) < 4.78 is 1.99. The smallest absolute Gasteiger partial charge is 0.191 e. The summed E-state index contributed by atoms with van der Waals surface area (Å²) in [5.74, 6) is 1.65. The van der Waals surface area contributed by atoms with E-state index in [2.05, 4.69) is 37.7 Å². The predicted molar refractivity (Wildman–Crippen MR) is 102 cm³/mol. The zero-order valence-corrected chi connectivity index (χ0v) is 15.9. The summed E-state index contributed by atoms with van der Waals surface area (Å²) in [6, 6.07) is 5.95. The van der Waals surface area contributed by atoms with Gasteiger partial charge in [0.25, 0.3) is 0 Å². The van der Waals surface area contributed by atoms with Crippen molar-refractivity contribution >= 4 is 29.9 Å². The van der Waals surface area contributed by atoms with Crippen molar-refractivity contribution in [1.82, 2.24) is 30.4 Å². The minimum absolute atomic E-state index is 0. The summed E-state index contributed by atoms with van der Waals surface area (Å²) in [5, 5.41) is 14.5. The van der Waals surface area contributed by atoms with E-state index in [1.165, 1.54) is 0 Å². The van der Waals surface area contributed by atoms with Crippen LogP contribution in [-0.4, -0.2) is 38.8 Å². The van der Waals surface area contributed by atoms with Crippen LogP contribution in [0.4, 0.5) is 0 Å². The molecule has 2 aromatic rings. The summed E-state index contributed by atoms with van der Waals surface area (Å²) in [6.07, 6.45) is 4.40. The van der Waals surface area contributed by atoms with Crippen LogP contribution in [-0.2, 0) is 19.5 Å². The first-order valence-electron chi connectivity index (χ1n) is 7.62. The zero-order valence-electron chi connectivity index (χ0n) is 13.6. The molecule has 0 fully saturated rings. The van der Waals surface area contributed by atoms with Gasteiger partial charge in [0.2, 0.25) is 0 Å². The van der Waals surface area contributed by atoms with Crippen LogP contribution in [0.2, 0.25) is 0 Å². The molecular formula is C15H24IN7. The molecule has 7 nitrogen and oxygen atoms in total. The van der Waals surface area contributed by atoms with Crippen LogP contribution >= 0.6 is 24.0 Å². The van der Waals surface area contributed by atoms with Gasteiger partial charge in [0.1, 0.15) is 12.9 Å². The fraction of sp³-hybridized carbons (Fsp3) is 0.467. The van der Waals surface area contributed by atoms with E-state index in [-0.39, 0.29) is 24.0 Å². The van der Waals surface area contributed by atoms with Crippen molar-refractivity contribution in [2.24, 2.45) is 4.99 Å². The molecule has 0 saturated heterocycles. The SMILES string of the molecule is CCNC(=NCc1nncn1CC)NCCc1ccccn1.I. The summed E-state index contributed by atoms with van der Waals surface area (Å²) in [7, 11) is 0. The van der Waals surface area contributed by atoms with E-state index in [4.69, 9.17) is 0 Å². The number of aliphatic imine (C=N–C) groups is 1. The molecule has 0 aliphatic rings. The topological polar surface area (TPSA) is 80.0 Å². The Morgan fingerprint density at radius 3 is 2.83 bits per heavy atom. The number of aryl methyl sites for hydroxylation is 1. The summed E-state index contributed by atoms with van der Waals surface area (Å²) in [5.41, 5.74) is 1.07. The van der Waals surface area contributed by atoms with E-state index in [1.54, 1.807) is 6.33 Å². The molecule has 0 aromatic carbocycles. The average molecular weight is 429 g/mol. The van der Waals surface area contributed by atoms with Crippen molar-refractivity contribution in [2.75, 3.05) is 13.1 Å². The number of hydrogen-bond acceptors (Lipinski definition) is 4. The maximum absolute atomic E-state index is 4.55. The number of aromatic nitrogens is 4. The van der Waals surface area contributed by atoms with Crippen molar-refractivity contribution < 1.29 is 0 Å². The molecule has 23 heavy (non-hydrogen) atoms. The van der Waals surface area contributed by atoms with Crippen molar-refractivity contribution in [2.45, 2.75) is 33.4 Å². The third-order valence-corrected chi connectivity index (χ3v) is 3.16. The Kier molecular flexibility index (Phi) is 9.18. The quantitative estimate of drug-likeness (QED) is 0.397. The summed E-state index contributed by atoms with van der Waals surface area (Å²) in [4.78, 5) is 8.86. The third-order valence-electron chi connectivity index (χ3n) is 3.16. The minimum Gasteiger partial charge on any atom is -0.357 e. The zero-order chi connectivity index (χ0) is 15.6. The van der Waals surface area contributed by atoms with Gasteiger partial charge in [-0.2, -0.15) is 0 Å². The molecule has 0 bridgehead atoms. The van der Waals surface area contributed by atoms with Crippen molar-refractivity contribution in [3.05, 3.63) is 42.2 Å². The van der Waals surface area contributed by atoms with E-state index >= 15 is 0 Å². The maximum atomic E-state index is 4.55. The van der Waals surface area contributed by atoms with E-state index < -0.39 is 0 Å². The molecule has 0 spiro atoms. The van der Waals surface area contributed by atoms with Gasteiger partial charge >= 0.3 is 0 Å². The molecule has 2 heterocycles. The molecule has 2 N–H and O–H groups in total. The molecule has 0 unspecified atom stereocenters. The number of guanidine groups is 1. The Morgan fingerprint density at radius 1 is 1.26 bits per heavy atom. The first-order chi connectivity index (χ1) is 10.8. The highest BCUT2D eigenvalue weighted by molar-refractivity contribution is 14.0. The number of nitrogens with zero attached hydrogens (tertiary/aromatic N) is 5. The van der Waals surface area contributed by atoms with Crippen LogP contribution in [0.25, 0.3) is 0 Å². The molecule has 0 atom stereocenters. The van der Waals surface area contributed by atoms with Gasteiger partial charge in [-0.25, -0.2) is 4.99 Å². The standard InChI is InChI=1S/C15H23N7.HI/c1-3-16-15(18-10-8-13-7-5-6-9-17-13)19-11-14-21-20-12-22(14)4-2;/h5-7,9,12H,3-4,8,10-11H2,1-2H3,(H2,16,18,19);1H. The van der Waals surface area contributed by atoms with Gasteiger partial charge in [0.15, 0.2) is 11.8 Å². The second kappa shape index (κ2) is 10.9. The number of halogens is 1. The molecule has 2 rings (SSSR count). The molecule has 0 radical (unpaired) electrons. The van der Waals surface area contributed by atoms with E-state index in [0.29, 0.717) is 6.54 Å². The highest BCUT2D eigenvalue weighted by atomic mass is 127. The molecule has 126 valence electrons. The summed E-state index contributed by atoms with van der Waals surface area (Å²) in [6.45, 7) is 7.06. The number of hydrogen-bond donors (Lipinski definition) is 2. The van der Waals surface area contributed by atoms with Crippen LogP contribution in [0.1, 0.15) is 25.4 Å². The molecule has 0 aliphatic heterocycles. The van der Waals surface area contributed by atoms with Gasteiger partial charge in [-0.05, 0) is 26.0 Å². The van der Waals surface area contributed by atoms with Gasteiger partial charge in [0, 0.05) is 37.9 Å². The van der Waals surface area contributed by atoms with Gasteiger partial charge in [-0.15, -0.1) is 34.2 Å². The van der Waals surface area contributed by atoms with E-state index in [9.17, 15) is 0 Å². The van der Waals surface area contributed by atoms with Gasteiger partial charge in [-0.1, -0.05) is 6.07 Å². The lowest BCUT2D eigenvalue weighted by atomic mass is 10.3. The Morgan fingerprint density at radius 2 is 2.13 bits per heavy atom. The van der Waals surface area contributed by atoms with Crippen LogP contribution < -0.4 is 10.6 Å². The monoisotopic (exact) mass is 429 g/mol. The Balaban J connectivity index is 0.00000264. The Hall–Kier alpha value is -1.71. The average Bonchev–Trinajstić information content (AvgIpc) is 3.01. The van der Waals surface area contributed by atoms with Gasteiger partial charge in [0.05, 0.1) is 0 Å². The van der Waals surface area contributed by atoms with E-state index in [1.807, 2.05) is 35.9 Å². The molecular weight excluding hydrogens is 405 g/mol. The first-order valence-corrected chi connectivity index (χ1v) is 7.62. The highest BCUT2D eigenvalue weighted by Gasteiger charge is 2.03. The molecule has 8 heteroatoms. The third kappa shape index (κ3) is 6.51. The summed E-state index contributed by atoms with van der Waals surface area (Å²) >= 11 is 0. The molecule has 0 amide bonds. The van der Waals surface area contributed by atoms with Gasteiger partial charge < -0.3 is 15.2 Å². The van der Waals surface area contributed by atoms with Crippen LogP contribution in [0.5, 0.6) is 0 Å². The van der Waals surface area contributed by atoms with Crippen LogP contribution in [0, 0.1) is 0 Å². The molecule has 2 aromatic heterocycles. The second-order valence-electron chi connectivity index (χ2n) is 4.73. The lowest BCUT2D eigenvalue weighted by molar-refractivity contribution is 0.693. The first kappa shape index (κ1) is 19.3. The highest BCUT2D eigenvalue weighted by Crippen LogP contribution is 1.97. The fourth-order valence-corrected chi connectivity index (χ4v) is 2.01. The Labute approximate surface area is 154 Å². The predicted octanol–water partition coefficient (Wildman–Crippen LogP) is 1.61. The lowest BCUT2D eigenvalue weighted by Crippen LogP contribution is -2.38. The second-order valence-corrected chi connectivity index (χ2v) is 4.73. The minimum atomic E-state index is 0. The van der Waals surface area contributed by atoms with Gasteiger partial charge in [-0.3, -0.25) is 4.98 Å². The maximum Gasteiger partial charge on any atom is 0.191 e. The lowest BCUT2D eigenvalue weighted by Gasteiger charge is -2.11. The molecule has 0 saturated carbocycles. The van der Waals surface area contributed by atoms with Crippen molar-refractivity contribution in [3.63, 3.8) is 0 Å². The van der Waals surface area contributed by atoms with E-state index in [0.717, 1.165) is 43.5 Å². The van der Waals surface area contributed by atoms with Crippen molar-refractivity contribution in [3.8, 4) is 0 Å². The number of rotatable bonds is 7. The largest absolute Gasteiger partial charge is 0.357 e. The normalized spacial score (nSPS) is 11.0. The Bertz CT molecular complexity index is 583. The number of pyridine rings is 1. The van der Waals surface area contributed by atoms with Crippen LogP contribution in [0.3, 0.4) is 0 Å². The number of nitrogens with one attached hydrogen (secondary N) is 2. The molecule has 0 aliphatic carbocycles. The fourth-order valence-electron chi connectivity index (χ4n) is 2.01. The van der Waals surface area contributed by atoms with Crippen LogP contribution in [0.15, 0.2) is 35.7 Å². The van der Waals surface area contributed by atoms with Crippen molar-refractivity contribution in [1.29, 1.82) is 0 Å².